The number of carbonyl (C=O) groups excluding carboxylic acids is 3. The number of ether oxygens (including phenoxy) is 2. The number of hydrogen-bond donors (Lipinski definition) is 2. The highest BCUT2D eigenvalue weighted by molar-refractivity contribution is 5.98. The van der Waals surface area contributed by atoms with Crippen LogP contribution in [-0.4, -0.2) is 37.0 Å². The van der Waals surface area contributed by atoms with E-state index in [1.165, 1.54) is 21.0 Å². The highest BCUT2D eigenvalue weighted by Gasteiger charge is 2.23. The highest BCUT2D eigenvalue weighted by Crippen LogP contribution is 2.17. The average molecular weight is 384 g/mol. The Morgan fingerprint density at radius 2 is 1.71 bits per heavy atom. The number of anilines is 1. The van der Waals surface area contributed by atoms with Crippen molar-refractivity contribution in [3.8, 4) is 5.75 Å². The largest absolute Gasteiger partial charge is 0.497 e. The highest BCUT2D eigenvalue weighted by atomic mass is 16.5. The summed E-state index contributed by atoms with van der Waals surface area (Å²) in [5.41, 5.74) is 1.90. The van der Waals surface area contributed by atoms with Gasteiger partial charge in [-0.05, 0) is 45.0 Å². The molecule has 2 aromatic rings. The van der Waals surface area contributed by atoms with E-state index in [0.29, 0.717) is 17.0 Å². The van der Waals surface area contributed by atoms with Crippen LogP contribution >= 0.6 is 0 Å². The van der Waals surface area contributed by atoms with Crippen LogP contribution in [0.2, 0.25) is 0 Å². The Labute approximate surface area is 164 Å². The van der Waals surface area contributed by atoms with Gasteiger partial charge in [-0.1, -0.05) is 23.8 Å². The molecule has 0 aliphatic rings. The summed E-state index contributed by atoms with van der Waals surface area (Å²) in [6.45, 7) is 4.84. The molecule has 2 amide bonds. The summed E-state index contributed by atoms with van der Waals surface area (Å²) in [6, 6.07) is 12.9. The molecule has 0 fully saturated rings. The summed E-state index contributed by atoms with van der Waals surface area (Å²) < 4.78 is 10.3. The molecule has 0 aromatic heterocycles. The van der Waals surface area contributed by atoms with Crippen molar-refractivity contribution in [2.24, 2.45) is 0 Å². The average Bonchev–Trinajstić information content (AvgIpc) is 2.67. The number of hydrogen-bond acceptors (Lipinski definition) is 5. The zero-order valence-electron chi connectivity index (χ0n) is 16.3. The van der Waals surface area contributed by atoms with Gasteiger partial charge in [0.25, 0.3) is 11.8 Å². The van der Waals surface area contributed by atoms with E-state index in [2.05, 4.69) is 10.6 Å². The van der Waals surface area contributed by atoms with Gasteiger partial charge in [0.2, 0.25) is 0 Å². The Morgan fingerprint density at radius 3 is 2.39 bits per heavy atom. The summed E-state index contributed by atoms with van der Waals surface area (Å²) in [5.74, 6) is -0.982. The van der Waals surface area contributed by atoms with Crippen molar-refractivity contribution in [3.05, 3.63) is 59.7 Å². The minimum Gasteiger partial charge on any atom is -0.497 e. The van der Waals surface area contributed by atoms with Gasteiger partial charge in [0.15, 0.2) is 6.10 Å². The van der Waals surface area contributed by atoms with Gasteiger partial charge in [-0.15, -0.1) is 0 Å². The van der Waals surface area contributed by atoms with Crippen molar-refractivity contribution < 1.29 is 23.9 Å². The van der Waals surface area contributed by atoms with Gasteiger partial charge < -0.3 is 20.1 Å². The normalized spacial score (nSPS) is 12.4. The molecule has 0 heterocycles. The van der Waals surface area contributed by atoms with Gasteiger partial charge in [0, 0.05) is 17.3 Å². The fraction of sp³-hybridized carbons (Fsp3) is 0.286. The molecule has 0 saturated carbocycles. The smallest absolute Gasteiger partial charge is 0.329 e. The molecule has 2 rings (SSSR count). The van der Waals surface area contributed by atoms with E-state index in [1.807, 2.05) is 13.0 Å². The van der Waals surface area contributed by atoms with Gasteiger partial charge >= 0.3 is 5.97 Å². The van der Waals surface area contributed by atoms with Crippen LogP contribution in [0.25, 0.3) is 0 Å². The summed E-state index contributed by atoms with van der Waals surface area (Å²) in [6.07, 6.45) is -1.03. The Hall–Kier alpha value is -3.35. The van der Waals surface area contributed by atoms with Crippen molar-refractivity contribution in [2.75, 3.05) is 12.4 Å². The van der Waals surface area contributed by atoms with Gasteiger partial charge in [-0.3, -0.25) is 9.59 Å². The zero-order chi connectivity index (χ0) is 20.7. The van der Waals surface area contributed by atoms with E-state index in [0.717, 1.165) is 5.56 Å². The number of rotatable bonds is 7. The maximum absolute atomic E-state index is 12.2. The summed E-state index contributed by atoms with van der Waals surface area (Å²) in [7, 11) is 1.53. The predicted octanol–water partition coefficient (Wildman–Crippen LogP) is 2.69. The molecule has 0 saturated heterocycles. The van der Waals surface area contributed by atoms with Crippen molar-refractivity contribution >= 4 is 23.5 Å². The lowest BCUT2D eigenvalue weighted by atomic mass is 10.1. The molecule has 0 radical (unpaired) electrons. The second-order valence-electron chi connectivity index (χ2n) is 6.36. The van der Waals surface area contributed by atoms with Gasteiger partial charge in [-0.25, -0.2) is 4.79 Å². The number of aryl methyl sites for hydroxylation is 1. The number of nitrogens with one attached hydrogen (secondary N) is 2. The molecular weight excluding hydrogens is 360 g/mol. The molecule has 7 nitrogen and oxygen atoms in total. The van der Waals surface area contributed by atoms with E-state index in [9.17, 15) is 14.4 Å². The lowest BCUT2D eigenvalue weighted by molar-refractivity contribution is -0.154. The molecule has 28 heavy (non-hydrogen) atoms. The number of benzene rings is 2. The molecule has 7 heteroatoms. The first-order valence-electron chi connectivity index (χ1n) is 8.83. The van der Waals surface area contributed by atoms with Crippen molar-refractivity contribution in [3.63, 3.8) is 0 Å². The van der Waals surface area contributed by atoms with Crippen molar-refractivity contribution in [2.45, 2.75) is 32.9 Å². The van der Waals surface area contributed by atoms with Gasteiger partial charge in [0.1, 0.15) is 11.8 Å². The minimum atomic E-state index is -1.03. The van der Waals surface area contributed by atoms with Crippen molar-refractivity contribution in [1.29, 1.82) is 0 Å². The van der Waals surface area contributed by atoms with Gasteiger partial charge in [0.05, 0.1) is 7.11 Å². The third-order valence-electron chi connectivity index (χ3n) is 3.98. The molecule has 0 unspecified atom stereocenters. The number of amides is 2. The predicted molar refractivity (Wildman–Crippen MR) is 105 cm³/mol. The fourth-order valence-electron chi connectivity index (χ4n) is 2.40. The lowest BCUT2D eigenvalue weighted by Crippen LogP contribution is -2.42. The topological polar surface area (TPSA) is 93.7 Å². The molecule has 0 spiro atoms. The van der Waals surface area contributed by atoms with E-state index in [1.54, 1.807) is 42.5 Å². The molecule has 2 atom stereocenters. The first kappa shape index (κ1) is 21.0. The van der Waals surface area contributed by atoms with Crippen LogP contribution in [0.15, 0.2) is 48.5 Å². The Balaban J connectivity index is 1.89. The molecule has 2 aromatic carbocycles. The van der Waals surface area contributed by atoms with Crippen molar-refractivity contribution in [1.82, 2.24) is 5.32 Å². The number of esters is 1. The molecule has 0 aliphatic heterocycles. The second-order valence-corrected chi connectivity index (χ2v) is 6.36. The van der Waals surface area contributed by atoms with E-state index in [-0.39, 0.29) is 5.91 Å². The second kappa shape index (κ2) is 9.55. The van der Waals surface area contributed by atoms with Gasteiger partial charge in [-0.2, -0.15) is 0 Å². The first-order chi connectivity index (χ1) is 13.3. The summed E-state index contributed by atoms with van der Waals surface area (Å²) in [5, 5.41) is 5.22. The van der Waals surface area contributed by atoms with Crippen LogP contribution in [0.5, 0.6) is 5.75 Å². The molecule has 2 N–H and O–H groups in total. The zero-order valence-corrected chi connectivity index (χ0v) is 16.3. The minimum absolute atomic E-state index is 0.387. The molecular formula is C21H24N2O5. The van der Waals surface area contributed by atoms with Crippen LogP contribution in [0.3, 0.4) is 0 Å². The Bertz CT molecular complexity index is 865. The maximum atomic E-state index is 12.2. The standard InChI is InChI=1S/C21H24N2O5/c1-13-7-5-8-16(11-13)20(25)22-14(2)21(26)28-15(3)19(24)23-17-9-6-10-18(12-17)27-4/h5-12,14-15H,1-4H3,(H,22,25)(H,23,24)/t14-,15+/m1/s1. The fourth-order valence-corrected chi connectivity index (χ4v) is 2.40. The molecule has 0 bridgehead atoms. The lowest BCUT2D eigenvalue weighted by Gasteiger charge is -2.18. The Kier molecular flexibility index (Phi) is 7.14. The maximum Gasteiger partial charge on any atom is 0.329 e. The number of methoxy groups -OCH3 is 1. The number of carbonyl (C=O) groups is 3. The van der Waals surface area contributed by atoms with Crippen LogP contribution in [-0.2, 0) is 14.3 Å². The molecule has 0 aliphatic carbocycles. The quantitative estimate of drug-likeness (QED) is 0.716. The Morgan fingerprint density at radius 1 is 1.00 bits per heavy atom. The third-order valence-corrected chi connectivity index (χ3v) is 3.98. The summed E-state index contributed by atoms with van der Waals surface area (Å²) >= 11 is 0. The van der Waals surface area contributed by atoms with E-state index in [4.69, 9.17) is 9.47 Å². The summed E-state index contributed by atoms with van der Waals surface area (Å²) in [4.78, 5) is 36.7. The van der Waals surface area contributed by atoms with Crippen LogP contribution in [0.4, 0.5) is 5.69 Å². The van der Waals surface area contributed by atoms with Crippen LogP contribution in [0.1, 0.15) is 29.8 Å². The monoisotopic (exact) mass is 384 g/mol. The SMILES string of the molecule is COc1cccc(NC(=O)[C@H](C)OC(=O)[C@@H](C)NC(=O)c2cccc(C)c2)c1. The van der Waals surface area contributed by atoms with E-state index >= 15 is 0 Å². The first-order valence-corrected chi connectivity index (χ1v) is 8.83. The van der Waals surface area contributed by atoms with Crippen LogP contribution in [0, 0.1) is 6.92 Å². The van der Waals surface area contributed by atoms with E-state index < -0.39 is 24.0 Å². The molecule has 148 valence electrons. The third kappa shape index (κ3) is 5.84. The van der Waals surface area contributed by atoms with Crippen LogP contribution < -0.4 is 15.4 Å².